The Hall–Kier alpha value is -2.73. The molecule has 0 atom stereocenters. The molecule has 0 saturated carbocycles. The Morgan fingerprint density at radius 2 is 1.72 bits per heavy atom. The molecule has 7 heteroatoms. The van der Waals surface area contributed by atoms with Crippen molar-refractivity contribution in [1.29, 1.82) is 0 Å². The number of hydrogen-bond donors (Lipinski definition) is 2. The fraction of sp³-hybridized carbons (Fsp3) is 0.222. The van der Waals surface area contributed by atoms with Gasteiger partial charge in [-0.25, -0.2) is 0 Å². The van der Waals surface area contributed by atoms with E-state index < -0.39 is 5.91 Å². The molecule has 0 fully saturated rings. The summed E-state index contributed by atoms with van der Waals surface area (Å²) in [6.45, 7) is 0. The first-order valence-electron chi connectivity index (χ1n) is 7.59. The Morgan fingerprint density at radius 3 is 2.36 bits per heavy atom. The van der Waals surface area contributed by atoms with E-state index in [9.17, 15) is 9.59 Å². The highest BCUT2D eigenvalue weighted by atomic mass is 35.5. The van der Waals surface area contributed by atoms with Gasteiger partial charge in [0, 0.05) is 17.0 Å². The molecule has 2 amide bonds. The quantitative estimate of drug-likeness (QED) is 0.775. The Balaban J connectivity index is 1.86. The van der Waals surface area contributed by atoms with Crippen molar-refractivity contribution in [2.24, 2.45) is 0 Å². The number of benzene rings is 2. The zero-order valence-corrected chi connectivity index (χ0v) is 14.7. The van der Waals surface area contributed by atoms with Crippen molar-refractivity contribution >= 4 is 23.4 Å². The highest BCUT2D eigenvalue weighted by Crippen LogP contribution is 2.25. The predicted octanol–water partition coefficient (Wildman–Crippen LogP) is 2.75. The normalized spacial score (nSPS) is 10.0. The largest absolute Gasteiger partial charge is 0.497 e. The van der Waals surface area contributed by atoms with E-state index in [0.29, 0.717) is 28.5 Å². The van der Waals surface area contributed by atoms with E-state index in [-0.39, 0.29) is 12.3 Å². The van der Waals surface area contributed by atoms with E-state index in [0.717, 1.165) is 5.56 Å². The molecule has 0 saturated heterocycles. The Labute approximate surface area is 151 Å². The van der Waals surface area contributed by atoms with E-state index in [2.05, 4.69) is 10.9 Å². The summed E-state index contributed by atoms with van der Waals surface area (Å²) in [5, 5.41) is 0.535. The number of hydrogen-bond acceptors (Lipinski definition) is 4. The molecule has 0 aliphatic heterocycles. The van der Waals surface area contributed by atoms with Gasteiger partial charge in [-0.2, -0.15) is 0 Å². The smallest absolute Gasteiger partial charge is 0.269 e. The van der Waals surface area contributed by atoms with E-state index in [1.54, 1.807) is 50.6 Å². The van der Waals surface area contributed by atoms with Gasteiger partial charge < -0.3 is 9.47 Å². The van der Waals surface area contributed by atoms with Crippen molar-refractivity contribution in [2.45, 2.75) is 12.8 Å². The maximum Gasteiger partial charge on any atom is 0.269 e. The van der Waals surface area contributed by atoms with Gasteiger partial charge in [-0.05, 0) is 54.4 Å². The van der Waals surface area contributed by atoms with Gasteiger partial charge in [-0.15, -0.1) is 0 Å². The predicted molar refractivity (Wildman–Crippen MR) is 94.9 cm³/mol. The summed E-state index contributed by atoms with van der Waals surface area (Å²) in [6, 6.07) is 11.7. The molecule has 0 unspecified atom stereocenters. The highest BCUT2D eigenvalue weighted by molar-refractivity contribution is 6.30. The molecule has 25 heavy (non-hydrogen) atoms. The second-order valence-electron chi connectivity index (χ2n) is 5.19. The van der Waals surface area contributed by atoms with Gasteiger partial charge in [-0.1, -0.05) is 11.6 Å². The van der Waals surface area contributed by atoms with Crippen LogP contribution >= 0.6 is 11.6 Å². The van der Waals surface area contributed by atoms with Gasteiger partial charge in [0.15, 0.2) is 0 Å². The number of nitrogens with one attached hydrogen (secondary N) is 2. The van der Waals surface area contributed by atoms with Crippen LogP contribution in [0.4, 0.5) is 0 Å². The molecule has 6 nitrogen and oxygen atoms in total. The van der Waals surface area contributed by atoms with E-state index in [4.69, 9.17) is 21.1 Å². The standard InChI is InChI=1S/C18H19ClN2O4/c1-24-15-8-9-16(25-2)13(11-15)5-10-17(22)20-21-18(23)12-3-6-14(19)7-4-12/h3-4,6-9,11H,5,10H2,1-2H3,(H,20,22)(H,21,23). The van der Waals surface area contributed by atoms with Crippen LogP contribution in [0.15, 0.2) is 42.5 Å². The van der Waals surface area contributed by atoms with Crippen molar-refractivity contribution in [3.05, 3.63) is 58.6 Å². The van der Waals surface area contributed by atoms with Crippen molar-refractivity contribution in [3.63, 3.8) is 0 Å². The molecule has 0 bridgehead atoms. The second kappa shape index (κ2) is 8.94. The summed E-state index contributed by atoms with van der Waals surface area (Å²) in [7, 11) is 3.14. The van der Waals surface area contributed by atoms with Gasteiger partial charge in [0.25, 0.3) is 5.91 Å². The Bertz CT molecular complexity index is 747. The molecule has 132 valence electrons. The third-order valence-corrected chi connectivity index (χ3v) is 3.78. The van der Waals surface area contributed by atoms with E-state index >= 15 is 0 Å². The number of amides is 2. The summed E-state index contributed by atoms with van der Waals surface area (Å²) in [4.78, 5) is 23.9. The fourth-order valence-corrected chi connectivity index (χ4v) is 2.31. The van der Waals surface area contributed by atoms with Crippen LogP contribution < -0.4 is 20.3 Å². The number of halogens is 1. The average molecular weight is 363 g/mol. The molecule has 0 spiro atoms. The first-order chi connectivity index (χ1) is 12.0. The van der Waals surface area contributed by atoms with Gasteiger partial charge in [0.1, 0.15) is 11.5 Å². The molecule has 0 radical (unpaired) electrons. The second-order valence-corrected chi connectivity index (χ2v) is 5.62. The van der Waals surface area contributed by atoms with Crippen LogP contribution in [0.1, 0.15) is 22.3 Å². The van der Waals surface area contributed by atoms with Gasteiger partial charge >= 0.3 is 0 Å². The molecule has 2 aromatic carbocycles. The molecule has 2 N–H and O–H groups in total. The number of rotatable bonds is 6. The van der Waals surface area contributed by atoms with Crippen LogP contribution in [-0.2, 0) is 11.2 Å². The molecular formula is C18H19ClN2O4. The minimum atomic E-state index is -0.413. The lowest BCUT2D eigenvalue weighted by Crippen LogP contribution is -2.41. The topological polar surface area (TPSA) is 76.7 Å². The maximum absolute atomic E-state index is 11.9. The average Bonchev–Trinajstić information content (AvgIpc) is 2.64. The lowest BCUT2D eigenvalue weighted by Gasteiger charge is -2.11. The maximum atomic E-state index is 11.9. The number of carbonyl (C=O) groups excluding carboxylic acids is 2. The van der Waals surface area contributed by atoms with Crippen LogP contribution in [0, 0.1) is 0 Å². The van der Waals surface area contributed by atoms with Crippen molar-refractivity contribution in [2.75, 3.05) is 14.2 Å². The Kier molecular flexibility index (Phi) is 6.65. The summed E-state index contributed by atoms with van der Waals surface area (Å²) in [5.74, 6) is 0.641. The number of ether oxygens (including phenoxy) is 2. The SMILES string of the molecule is COc1ccc(OC)c(CCC(=O)NNC(=O)c2ccc(Cl)cc2)c1. The van der Waals surface area contributed by atoms with E-state index in [1.807, 2.05) is 6.07 Å². The summed E-state index contributed by atoms with van der Waals surface area (Å²) in [5.41, 5.74) is 6.01. The zero-order chi connectivity index (χ0) is 18.2. The first-order valence-corrected chi connectivity index (χ1v) is 7.97. The van der Waals surface area contributed by atoms with Gasteiger partial charge in [0.2, 0.25) is 5.91 Å². The summed E-state index contributed by atoms with van der Waals surface area (Å²) < 4.78 is 10.4. The van der Waals surface area contributed by atoms with Crippen molar-refractivity contribution in [3.8, 4) is 11.5 Å². The number of hydrazine groups is 1. The van der Waals surface area contributed by atoms with Crippen LogP contribution in [-0.4, -0.2) is 26.0 Å². The minimum absolute atomic E-state index is 0.185. The van der Waals surface area contributed by atoms with Gasteiger partial charge in [0.05, 0.1) is 14.2 Å². The molecule has 0 aromatic heterocycles. The van der Waals surface area contributed by atoms with Crippen LogP contribution in [0.3, 0.4) is 0 Å². The molecule has 2 aromatic rings. The zero-order valence-electron chi connectivity index (χ0n) is 14.0. The highest BCUT2D eigenvalue weighted by Gasteiger charge is 2.10. The Morgan fingerprint density at radius 1 is 1.00 bits per heavy atom. The molecule has 2 rings (SSSR count). The van der Waals surface area contributed by atoms with Crippen LogP contribution in [0.2, 0.25) is 5.02 Å². The molecular weight excluding hydrogens is 344 g/mol. The summed E-state index contributed by atoms with van der Waals surface area (Å²) >= 11 is 5.77. The fourth-order valence-electron chi connectivity index (χ4n) is 2.19. The number of methoxy groups -OCH3 is 2. The van der Waals surface area contributed by atoms with Crippen LogP contribution in [0.25, 0.3) is 0 Å². The molecule has 0 heterocycles. The van der Waals surface area contributed by atoms with Crippen molar-refractivity contribution in [1.82, 2.24) is 10.9 Å². The number of carbonyl (C=O) groups is 2. The summed E-state index contributed by atoms with van der Waals surface area (Å²) in [6.07, 6.45) is 0.632. The minimum Gasteiger partial charge on any atom is -0.497 e. The van der Waals surface area contributed by atoms with Crippen LogP contribution in [0.5, 0.6) is 11.5 Å². The monoisotopic (exact) mass is 362 g/mol. The van der Waals surface area contributed by atoms with Gasteiger partial charge in [-0.3, -0.25) is 20.4 Å². The molecule has 0 aliphatic carbocycles. The lowest BCUT2D eigenvalue weighted by molar-refractivity contribution is -0.121. The molecule has 0 aliphatic rings. The lowest BCUT2D eigenvalue weighted by atomic mass is 10.1. The van der Waals surface area contributed by atoms with E-state index in [1.165, 1.54) is 0 Å². The number of aryl methyl sites for hydroxylation is 1. The first kappa shape index (κ1) is 18.6. The third kappa shape index (κ3) is 5.39. The van der Waals surface area contributed by atoms with Crippen molar-refractivity contribution < 1.29 is 19.1 Å². The third-order valence-electron chi connectivity index (χ3n) is 3.53.